The average Bonchev–Trinajstić information content (AvgIpc) is 3.17. The number of ether oxygens (including phenoxy) is 1. The predicted octanol–water partition coefficient (Wildman–Crippen LogP) is -1.75. The highest BCUT2D eigenvalue weighted by Crippen LogP contribution is 2.26. The van der Waals surface area contributed by atoms with E-state index < -0.39 is 12.0 Å². The van der Waals surface area contributed by atoms with Gasteiger partial charge in [0.15, 0.2) is 0 Å². The number of nitrogens with one attached hydrogen (secondary N) is 4. The zero-order valence-electron chi connectivity index (χ0n) is 14.7. The van der Waals surface area contributed by atoms with Crippen molar-refractivity contribution in [2.24, 2.45) is 5.92 Å². The van der Waals surface area contributed by atoms with Gasteiger partial charge in [0, 0.05) is 25.8 Å². The van der Waals surface area contributed by atoms with Gasteiger partial charge in [0.05, 0.1) is 25.3 Å². The monoisotopic (exact) mass is 355 g/mol. The standard InChI is InChI=1S/C16H29N5O4/c1-25-16(24)11-8-10(22)2-3-12(11)18-15(23)13-4-5-14(20-19-13)21-7-6-17-9-21/h10-14,17,19-20,22H,2-9H2,1H3,(H,18,23). The lowest BCUT2D eigenvalue weighted by molar-refractivity contribution is -0.149. The van der Waals surface area contributed by atoms with Crippen LogP contribution in [-0.2, 0) is 14.3 Å². The van der Waals surface area contributed by atoms with Crippen LogP contribution in [0.3, 0.4) is 0 Å². The molecule has 9 nitrogen and oxygen atoms in total. The quantitative estimate of drug-likeness (QED) is 0.377. The highest BCUT2D eigenvalue weighted by molar-refractivity contribution is 5.83. The Morgan fingerprint density at radius 1 is 1.20 bits per heavy atom. The summed E-state index contributed by atoms with van der Waals surface area (Å²) in [5.74, 6) is -0.973. The molecule has 3 fully saturated rings. The number of carbonyl (C=O) groups excluding carboxylic acids is 2. The lowest BCUT2D eigenvalue weighted by Gasteiger charge is -2.37. The molecule has 1 aliphatic carbocycles. The predicted molar refractivity (Wildman–Crippen MR) is 90.0 cm³/mol. The van der Waals surface area contributed by atoms with Gasteiger partial charge in [-0.15, -0.1) is 0 Å². The van der Waals surface area contributed by atoms with Gasteiger partial charge in [-0.1, -0.05) is 0 Å². The molecule has 2 saturated heterocycles. The zero-order valence-corrected chi connectivity index (χ0v) is 14.7. The molecule has 25 heavy (non-hydrogen) atoms. The molecule has 2 heterocycles. The molecular formula is C16H29N5O4. The third-order valence-corrected chi connectivity index (χ3v) is 5.46. The topological polar surface area (TPSA) is 115 Å². The molecule has 1 saturated carbocycles. The molecular weight excluding hydrogens is 326 g/mol. The van der Waals surface area contributed by atoms with Gasteiger partial charge in [-0.3, -0.25) is 14.5 Å². The van der Waals surface area contributed by atoms with Gasteiger partial charge in [0.2, 0.25) is 5.91 Å². The van der Waals surface area contributed by atoms with Gasteiger partial charge < -0.3 is 20.5 Å². The van der Waals surface area contributed by atoms with E-state index in [1.54, 1.807) is 0 Å². The van der Waals surface area contributed by atoms with E-state index in [1.807, 2.05) is 0 Å². The summed E-state index contributed by atoms with van der Waals surface area (Å²) < 4.78 is 4.83. The Morgan fingerprint density at radius 2 is 2.04 bits per heavy atom. The number of hydrogen-bond acceptors (Lipinski definition) is 8. The molecule has 1 amide bonds. The van der Waals surface area contributed by atoms with Gasteiger partial charge in [-0.2, -0.15) is 0 Å². The largest absolute Gasteiger partial charge is 0.469 e. The van der Waals surface area contributed by atoms with E-state index >= 15 is 0 Å². The van der Waals surface area contributed by atoms with Crippen molar-refractivity contribution in [1.29, 1.82) is 0 Å². The van der Waals surface area contributed by atoms with Crippen molar-refractivity contribution >= 4 is 11.9 Å². The van der Waals surface area contributed by atoms with Crippen LogP contribution in [0.1, 0.15) is 32.1 Å². The molecule has 142 valence electrons. The highest BCUT2D eigenvalue weighted by Gasteiger charge is 2.38. The third-order valence-electron chi connectivity index (χ3n) is 5.46. The van der Waals surface area contributed by atoms with Gasteiger partial charge in [0.25, 0.3) is 0 Å². The maximum absolute atomic E-state index is 12.6. The van der Waals surface area contributed by atoms with Crippen molar-refractivity contribution in [1.82, 2.24) is 26.4 Å². The Hall–Kier alpha value is -1.26. The molecule has 0 aromatic rings. The minimum Gasteiger partial charge on any atom is -0.469 e. The van der Waals surface area contributed by atoms with E-state index in [-0.39, 0.29) is 30.1 Å². The summed E-state index contributed by atoms with van der Waals surface area (Å²) in [6.45, 7) is 2.85. The molecule has 5 atom stereocenters. The first-order valence-electron chi connectivity index (χ1n) is 9.10. The molecule has 5 unspecified atom stereocenters. The molecule has 2 aliphatic heterocycles. The summed E-state index contributed by atoms with van der Waals surface area (Å²) >= 11 is 0. The van der Waals surface area contributed by atoms with Gasteiger partial charge in [-0.25, -0.2) is 10.9 Å². The molecule has 9 heteroatoms. The second kappa shape index (κ2) is 8.41. The van der Waals surface area contributed by atoms with Gasteiger partial charge in [-0.05, 0) is 32.1 Å². The van der Waals surface area contributed by atoms with Crippen LogP contribution in [0.5, 0.6) is 0 Å². The van der Waals surface area contributed by atoms with Gasteiger partial charge >= 0.3 is 5.97 Å². The molecule has 0 radical (unpaired) electrons. The minimum absolute atomic E-state index is 0.110. The normalized spacial score (nSPS) is 36.8. The van der Waals surface area contributed by atoms with Crippen LogP contribution in [0.25, 0.3) is 0 Å². The maximum atomic E-state index is 12.6. The van der Waals surface area contributed by atoms with Crippen LogP contribution < -0.4 is 21.5 Å². The fraction of sp³-hybridized carbons (Fsp3) is 0.875. The Balaban J connectivity index is 1.50. The number of aliphatic hydroxyl groups excluding tert-OH is 1. The number of aliphatic hydroxyl groups is 1. The fourth-order valence-electron chi connectivity index (χ4n) is 3.94. The lowest BCUT2D eigenvalue weighted by Crippen LogP contribution is -2.62. The number of esters is 1. The Labute approximate surface area is 147 Å². The number of methoxy groups -OCH3 is 1. The van der Waals surface area contributed by atoms with Crippen LogP contribution in [0.2, 0.25) is 0 Å². The second-order valence-electron chi connectivity index (χ2n) is 7.12. The zero-order chi connectivity index (χ0) is 17.8. The van der Waals surface area contributed by atoms with E-state index in [9.17, 15) is 14.7 Å². The van der Waals surface area contributed by atoms with Crippen LogP contribution >= 0.6 is 0 Å². The van der Waals surface area contributed by atoms with E-state index in [1.165, 1.54) is 7.11 Å². The average molecular weight is 355 g/mol. The van der Waals surface area contributed by atoms with Crippen LogP contribution in [0, 0.1) is 5.92 Å². The Kier molecular flexibility index (Phi) is 6.24. The van der Waals surface area contributed by atoms with E-state index in [0.29, 0.717) is 19.3 Å². The number of rotatable bonds is 4. The second-order valence-corrected chi connectivity index (χ2v) is 7.12. The Bertz CT molecular complexity index is 477. The van der Waals surface area contributed by atoms with Crippen LogP contribution in [-0.4, -0.2) is 73.1 Å². The summed E-state index contributed by atoms with van der Waals surface area (Å²) in [6.07, 6.45) is 2.83. The SMILES string of the molecule is COC(=O)C1CC(O)CCC1NC(=O)C1CCC(N2CCNC2)NN1. The smallest absolute Gasteiger partial charge is 0.310 e. The van der Waals surface area contributed by atoms with E-state index in [4.69, 9.17) is 4.74 Å². The number of nitrogens with zero attached hydrogens (tertiary/aromatic N) is 1. The Morgan fingerprint density at radius 3 is 2.68 bits per heavy atom. The van der Waals surface area contributed by atoms with E-state index in [0.717, 1.165) is 32.6 Å². The highest BCUT2D eigenvalue weighted by atomic mass is 16.5. The van der Waals surface area contributed by atoms with Crippen molar-refractivity contribution in [3.05, 3.63) is 0 Å². The van der Waals surface area contributed by atoms with Gasteiger partial charge in [0.1, 0.15) is 6.04 Å². The summed E-state index contributed by atoms with van der Waals surface area (Å²) in [6, 6.07) is -0.609. The van der Waals surface area contributed by atoms with Crippen molar-refractivity contribution in [2.45, 2.75) is 56.5 Å². The summed E-state index contributed by atoms with van der Waals surface area (Å²) in [7, 11) is 1.34. The third kappa shape index (κ3) is 4.48. The molecule has 0 bridgehead atoms. The lowest BCUT2D eigenvalue weighted by atomic mass is 9.82. The first-order chi connectivity index (χ1) is 12.1. The molecule has 0 aromatic carbocycles. The number of hydrazine groups is 1. The summed E-state index contributed by atoms with van der Waals surface area (Å²) in [5, 5.41) is 16.1. The molecule has 3 rings (SSSR count). The first kappa shape index (κ1) is 18.5. The summed E-state index contributed by atoms with van der Waals surface area (Å²) in [5.41, 5.74) is 6.33. The minimum atomic E-state index is -0.512. The number of amides is 1. The number of hydrogen-bond donors (Lipinski definition) is 5. The first-order valence-corrected chi connectivity index (χ1v) is 9.10. The maximum Gasteiger partial charge on any atom is 0.310 e. The molecule has 3 aliphatic rings. The fourth-order valence-corrected chi connectivity index (χ4v) is 3.94. The molecule has 5 N–H and O–H groups in total. The van der Waals surface area contributed by atoms with Crippen molar-refractivity contribution in [3.8, 4) is 0 Å². The van der Waals surface area contributed by atoms with Crippen LogP contribution in [0.4, 0.5) is 0 Å². The van der Waals surface area contributed by atoms with Crippen molar-refractivity contribution < 1.29 is 19.4 Å². The van der Waals surface area contributed by atoms with E-state index in [2.05, 4.69) is 26.4 Å². The summed E-state index contributed by atoms with van der Waals surface area (Å²) in [4.78, 5) is 26.8. The van der Waals surface area contributed by atoms with Crippen molar-refractivity contribution in [2.75, 3.05) is 26.9 Å². The molecule has 0 spiro atoms. The number of carbonyl (C=O) groups is 2. The van der Waals surface area contributed by atoms with Crippen LogP contribution in [0.15, 0.2) is 0 Å². The molecule has 0 aromatic heterocycles. The van der Waals surface area contributed by atoms with Crippen molar-refractivity contribution in [3.63, 3.8) is 0 Å².